The lowest BCUT2D eigenvalue weighted by Crippen LogP contribution is -2.36. The summed E-state index contributed by atoms with van der Waals surface area (Å²) in [6.45, 7) is 3.43. The molecule has 3 heterocycles. The van der Waals surface area contributed by atoms with Gasteiger partial charge in [-0.2, -0.15) is 4.98 Å². The van der Waals surface area contributed by atoms with E-state index in [1.165, 1.54) is 16.6 Å². The molecule has 158 valence electrons. The third-order valence-corrected chi connectivity index (χ3v) is 5.74. The molecule has 1 saturated heterocycles. The zero-order valence-corrected chi connectivity index (χ0v) is 17.8. The van der Waals surface area contributed by atoms with Crippen LogP contribution in [0.3, 0.4) is 0 Å². The van der Waals surface area contributed by atoms with Gasteiger partial charge in [0.1, 0.15) is 5.82 Å². The number of anilines is 5. The van der Waals surface area contributed by atoms with Crippen LogP contribution in [0.25, 0.3) is 10.9 Å². The second-order valence-corrected chi connectivity index (χ2v) is 7.74. The molecule has 2 aromatic carbocycles. The number of fused-ring (bicyclic) bond motifs is 1. The number of rotatable bonds is 5. The van der Waals surface area contributed by atoms with E-state index in [1.54, 1.807) is 6.20 Å². The standard InChI is InChI=1S/C24H26N6O/c1-28-12-10-18-17-21(7-8-22(18)28)29(2)23-9-11-25-24(27-23)26-19-3-5-20(6-4-19)30-13-15-31-16-14-30/h3-12,17H,13-16H2,1-2H3,(H,25,26,27). The number of nitrogens with zero attached hydrogens (tertiary/aromatic N) is 5. The van der Waals surface area contributed by atoms with Crippen LogP contribution in [0.1, 0.15) is 0 Å². The maximum atomic E-state index is 5.43. The summed E-state index contributed by atoms with van der Waals surface area (Å²) >= 11 is 0. The van der Waals surface area contributed by atoms with Crippen molar-refractivity contribution in [1.82, 2.24) is 14.5 Å². The fourth-order valence-corrected chi connectivity index (χ4v) is 3.91. The molecule has 0 radical (unpaired) electrons. The molecule has 1 fully saturated rings. The minimum Gasteiger partial charge on any atom is -0.378 e. The Morgan fingerprint density at radius 1 is 1.00 bits per heavy atom. The van der Waals surface area contributed by atoms with Crippen molar-refractivity contribution >= 4 is 39.7 Å². The molecule has 2 aromatic heterocycles. The lowest BCUT2D eigenvalue weighted by Gasteiger charge is -2.28. The van der Waals surface area contributed by atoms with Gasteiger partial charge in [0.2, 0.25) is 5.95 Å². The van der Waals surface area contributed by atoms with E-state index in [9.17, 15) is 0 Å². The molecule has 1 aliphatic heterocycles. The van der Waals surface area contributed by atoms with Crippen LogP contribution in [0.2, 0.25) is 0 Å². The van der Waals surface area contributed by atoms with Crippen LogP contribution in [0, 0.1) is 0 Å². The first-order valence-corrected chi connectivity index (χ1v) is 10.5. The molecule has 0 aliphatic carbocycles. The first kappa shape index (κ1) is 19.4. The van der Waals surface area contributed by atoms with Crippen LogP contribution in [0.15, 0.2) is 67.0 Å². The zero-order chi connectivity index (χ0) is 21.2. The first-order chi connectivity index (χ1) is 15.2. The molecule has 1 aliphatic rings. The molecule has 31 heavy (non-hydrogen) atoms. The third-order valence-electron chi connectivity index (χ3n) is 5.74. The van der Waals surface area contributed by atoms with Gasteiger partial charge in [0.25, 0.3) is 0 Å². The molecule has 1 N–H and O–H groups in total. The predicted molar refractivity (Wildman–Crippen MR) is 126 cm³/mol. The van der Waals surface area contributed by atoms with Crippen LogP contribution >= 0.6 is 0 Å². The van der Waals surface area contributed by atoms with Gasteiger partial charge in [-0.15, -0.1) is 0 Å². The van der Waals surface area contributed by atoms with E-state index in [0.717, 1.165) is 43.5 Å². The highest BCUT2D eigenvalue weighted by Gasteiger charge is 2.12. The van der Waals surface area contributed by atoms with Crippen molar-refractivity contribution in [1.29, 1.82) is 0 Å². The third kappa shape index (κ3) is 4.04. The molecular weight excluding hydrogens is 388 g/mol. The van der Waals surface area contributed by atoms with Crippen LogP contribution in [0.4, 0.5) is 28.8 Å². The van der Waals surface area contributed by atoms with Crippen LogP contribution < -0.4 is 15.1 Å². The minimum atomic E-state index is 0.573. The SMILES string of the molecule is CN(c1ccc2c(ccn2C)c1)c1ccnc(Nc2ccc(N3CCOCC3)cc2)n1. The number of ether oxygens (including phenoxy) is 1. The summed E-state index contributed by atoms with van der Waals surface area (Å²) in [5.41, 5.74) is 4.46. The quantitative estimate of drug-likeness (QED) is 0.525. The van der Waals surface area contributed by atoms with Crippen LogP contribution in [-0.4, -0.2) is 47.9 Å². The van der Waals surface area contributed by atoms with Crippen molar-refractivity contribution in [3.63, 3.8) is 0 Å². The van der Waals surface area contributed by atoms with Gasteiger partial charge in [-0.3, -0.25) is 0 Å². The summed E-state index contributed by atoms with van der Waals surface area (Å²) in [6, 6.07) is 18.8. The molecule has 0 atom stereocenters. The number of morpholine rings is 1. The van der Waals surface area contributed by atoms with Crippen molar-refractivity contribution in [2.24, 2.45) is 7.05 Å². The normalized spacial score (nSPS) is 14.1. The fourth-order valence-electron chi connectivity index (χ4n) is 3.91. The minimum absolute atomic E-state index is 0.573. The number of aromatic nitrogens is 3. The van der Waals surface area contributed by atoms with E-state index < -0.39 is 0 Å². The summed E-state index contributed by atoms with van der Waals surface area (Å²) in [6.07, 6.45) is 3.86. The highest BCUT2D eigenvalue weighted by atomic mass is 16.5. The Morgan fingerprint density at radius 3 is 2.61 bits per heavy atom. The summed E-state index contributed by atoms with van der Waals surface area (Å²) < 4.78 is 7.55. The summed E-state index contributed by atoms with van der Waals surface area (Å²) in [5.74, 6) is 1.40. The van der Waals surface area contributed by atoms with Gasteiger partial charge < -0.3 is 24.4 Å². The van der Waals surface area contributed by atoms with E-state index in [1.807, 2.05) is 13.1 Å². The van der Waals surface area contributed by atoms with Gasteiger partial charge >= 0.3 is 0 Å². The monoisotopic (exact) mass is 414 g/mol. The van der Waals surface area contributed by atoms with Gasteiger partial charge in [0, 0.05) is 67.5 Å². The van der Waals surface area contributed by atoms with E-state index >= 15 is 0 Å². The fraction of sp³-hybridized carbons (Fsp3) is 0.250. The van der Waals surface area contributed by atoms with Gasteiger partial charge in [0.15, 0.2) is 0 Å². The first-order valence-electron chi connectivity index (χ1n) is 10.5. The van der Waals surface area contributed by atoms with E-state index in [0.29, 0.717) is 5.95 Å². The summed E-state index contributed by atoms with van der Waals surface area (Å²) in [5, 5.41) is 4.53. The van der Waals surface area contributed by atoms with Gasteiger partial charge in [0.05, 0.1) is 13.2 Å². The Balaban J connectivity index is 1.32. The molecule has 7 nitrogen and oxygen atoms in total. The second-order valence-electron chi connectivity index (χ2n) is 7.74. The van der Waals surface area contributed by atoms with Gasteiger partial charge in [-0.25, -0.2) is 4.98 Å². The summed E-state index contributed by atoms with van der Waals surface area (Å²) in [7, 11) is 4.08. The van der Waals surface area contributed by atoms with Crippen molar-refractivity contribution < 1.29 is 4.74 Å². The number of nitrogens with one attached hydrogen (secondary N) is 1. The summed E-state index contributed by atoms with van der Waals surface area (Å²) in [4.78, 5) is 13.5. The highest BCUT2D eigenvalue weighted by molar-refractivity contribution is 5.85. The van der Waals surface area contributed by atoms with Gasteiger partial charge in [-0.05, 0) is 54.6 Å². The predicted octanol–water partition coefficient (Wildman–Crippen LogP) is 4.32. The number of hydrogen-bond donors (Lipinski definition) is 1. The molecule has 4 aromatic rings. The molecule has 0 bridgehead atoms. The lowest BCUT2D eigenvalue weighted by atomic mass is 10.2. The Kier molecular flexibility index (Phi) is 5.18. The molecule has 0 amide bonds. The average molecular weight is 415 g/mol. The largest absolute Gasteiger partial charge is 0.378 e. The number of aryl methyl sites for hydroxylation is 1. The molecule has 0 saturated carbocycles. The van der Waals surface area contributed by atoms with Crippen molar-refractivity contribution in [2.45, 2.75) is 0 Å². The average Bonchev–Trinajstić information content (AvgIpc) is 3.20. The maximum Gasteiger partial charge on any atom is 0.229 e. The lowest BCUT2D eigenvalue weighted by molar-refractivity contribution is 0.122. The maximum absolute atomic E-state index is 5.43. The van der Waals surface area contributed by atoms with Crippen molar-refractivity contribution in [3.05, 3.63) is 67.0 Å². The second kappa shape index (κ2) is 8.28. The Hall–Kier alpha value is -3.58. The molecule has 5 rings (SSSR count). The molecule has 0 unspecified atom stereocenters. The van der Waals surface area contributed by atoms with Crippen LogP contribution in [0.5, 0.6) is 0 Å². The molecule has 0 spiro atoms. The highest BCUT2D eigenvalue weighted by Crippen LogP contribution is 2.27. The van der Waals surface area contributed by atoms with E-state index in [4.69, 9.17) is 9.72 Å². The Labute approximate surface area is 181 Å². The topological polar surface area (TPSA) is 58.5 Å². The van der Waals surface area contributed by atoms with Gasteiger partial charge in [-0.1, -0.05) is 0 Å². The number of hydrogen-bond acceptors (Lipinski definition) is 6. The smallest absolute Gasteiger partial charge is 0.229 e. The van der Waals surface area contributed by atoms with Crippen molar-refractivity contribution in [2.75, 3.05) is 48.5 Å². The molecule has 7 heteroatoms. The van der Waals surface area contributed by atoms with Crippen molar-refractivity contribution in [3.8, 4) is 0 Å². The Morgan fingerprint density at radius 2 is 1.81 bits per heavy atom. The van der Waals surface area contributed by atoms with E-state index in [2.05, 4.69) is 86.4 Å². The van der Waals surface area contributed by atoms with Crippen LogP contribution in [-0.2, 0) is 11.8 Å². The van der Waals surface area contributed by atoms with E-state index in [-0.39, 0.29) is 0 Å². The number of benzene rings is 2. The molecular formula is C24H26N6O. The zero-order valence-electron chi connectivity index (χ0n) is 17.8. The Bertz CT molecular complexity index is 1180.